The van der Waals surface area contributed by atoms with E-state index in [0.717, 1.165) is 17.2 Å². The van der Waals surface area contributed by atoms with E-state index in [1.54, 1.807) is 0 Å². The first kappa shape index (κ1) is 9.49. The van der Waals surface area contributed by atoms with E-state index in [1.165, 1.54) is 44.5 Å². The number of nitrogens with zero attached hydrogens (tertiary/aromatic N) is 1. The lowest BCUT2D eigenvalue weighted by Gasteiger charge is -2.24. The molecule has 3 heteroatoms. The van der Waals surface area contributed by atoms with Crippen molar-refractivity contribution in [2.75, 3.05) is 18.8 Å². The fourth-order valence-electron chi connectivity index (χ4n) is 3.34. The van der Waals surface area contributed by atoms with E-state index in [-0.39, 0.29) is 0 Å². The van der Waals surface area contributed by atoms with Crippen molar-refractivity contribution in [3.05, 3.63) is 0 Å². The number of hydrogen-bond donors (Lipinski definition) is 1. The van der Waals surface area contributed by atoms with Gasteiger partial charge in [-0.05, 0) is 12.8 Å². The zero-order valence-electron chi connectivity index (χ0n) is 8.69. The monoisotopic (exact) mass is 212 g/mol. The van der Waals surface area contributed by atoms with Gasteiger partial charge in [-0.2, -0.15) is 11.8 Å². The summed E-state index contributed by atoms with van der Waals surface area (Å²) in [6.45, 7) is 2.62. The smallest absolute Gasteiger partial charge is 0.0231 e. The summed E-state index contributed by atoms with van der Waals surface area (Å²) in [7, 11) is 0. The maximum absolute atomic E-state index is 6.13. The van der Waals surface area contributed by atoms with Gasteiger partial charge in [0, 0.05) is 42.1 Å². The first-order valence-electron chi connectivity index (χ1n) is 5.96. The second kappa shape index (κ2) is 3.69. The fourth-order valence-corrected chi connectivity index (χ4v) is 4.89. The highest BCUT2D eigenvalue weighted by Crippen LogP contribution is 2.39. The molecule has 3 fully saturated rings. The second-order valence-corrected chi connectivity index (χ2v) is 6.36. The van der Waals surface area contributed by atoms with Crippen LogP contribution in [-0.2, 0) is 0 Å². The van der Waals surface area contributed by atoms with Crippen LogP contribution < -0.4 is 5.73 Å². The van der Waals surface area contributed by atoms with E-state index in [4.69, 9.17) is 5.73 Å². The van der Waals surface area contributed by atoms with Gasteiger partial charge in [0.1, 0.15) is 0 Å². The number of fused-ring (bicyclic) bond motifs is 1. The van der Waals surface area contributed by atoms with Gasteiger partial charge in [0.15, 0.2) is 0 Å². The number of nitrogens with two attached hydrogens (primary N) is 1. The molecular weight excluding hydrogens is 192 g/mol. The maximum Gasteiger partial charge on any atom is 0.0231 e. The van der Waals surface area contributed by atoms with E-state index in [0.29, 0.717) is 6.04 Å². The Morgan fingerprint density at radius 3 is 2.64 bits per heavy atom. The van der Waals surface area contributed by atoms with Crippen molar-refractivity contribution in [3.8, 4) is 0 Å². The third kappa shape index (κ3) is 1.50. The molecule has 0 radical (unpaired) electrons. The molecule has 2 nitrogen and oxygen atoms in total. The van der Waals surface area contributed by atoms with Crippen LogP contribution in [0.3, 0.4) is 0 Å². The summed E-state index contributed by atoms with van der Waals surface area (Å²) in [5.74, 6) is 2.01. The molecule has 2 aliphatic heterocycles. The van der Waals surface area contributed by atoms with Gasteiger partial charge in [-0.25, -0.2) is 0 Å². The molecule has 0 aromatic rings. The lowest BCUT2D eigenvalue weighted by Crippen LogP contribution is -2.35. The van der Waals surface area contributed by atoms with E-state index in [1.807, 2.05) is 0 Å². The molecule has 2 heterocycles. The highest BCUT2D eigenvalue weighted by molar-refractivity contribution is 8.00. The highest BCUT2D eigenvalue weighted by Gasteiger charge is 2.43. The fraction of sp³-hybridized carbons (Fsp3) is 1.00. The summed E-state index contributed by atoms with van der Waals surface area (Å²) >= 11 is 2.12. The Balaban J connectivity index is 1.64. The van der Waals surface area contributed by atoms with Crippen molar-refractivity contribution in [1.29, 1.82) is 0 Å². The Labute approximate surface area is 90.6 Å². The van der Waals surface area contributed by atoms with Crippen LogP contribution in [0.2, 0.25) is 0 Å². The molecule has 14 heavy (non-hydrogen) atoms. The number of rotatable bonds is 1. The first-order chi connectivity index (χ1) is 6.84. The highest BCUT2D eigenvalue weighted by atomic mass is 32.2. The van der Waals surface area contributed by atoms with Crippen molar-refractivity contribution in [3.63, 3.8) is 0 Å². The number of thioether (sulfide) groups is 1. The Morgan fingerprint density at radius 1 is 1.14 bits per heavy atom. The summed E-state index contributed by atoms with van der Waals surface area (Å²) in [5.41, 5.74) is 6.13. The zero-order valence-corrected chi connectivity index (χ0v) is 9.51. The van der Waals surface area contributed by atoms with Crippen LogP contribution in [-0.4, -0.2) is 41.1 Å². The molecule has 0 aromatic carbocycles. The third-order valence-corrected chi connectivity index (χ3v) is 5.74. The van der Waals surface area contributed by atoms with Gasteiger partial charge in [0.2, 0.25) is 0 Å². The van der Waals surface area contributed by atoms with Gasteiger partial charge >= 0.3 is 0 Å². The number of likely N-dealkylation sites (tertiary alicyclic amines) is 1. The first-order valence-corrected chi connectivity index (χ1v) is 7.01. The SMILES string of the molecule is NC1CSC2CN(C3CCCC3)CC12. The molecule has 2 N–H and O–H groups in total. The Bertz CT molecular complexity index is 215. The van der Waals surface area contributed by atoms with E-state index >= 15 is 0 Å². The van der Waals surface area contributed by atoms with E-state index < -0.39 is 0 Å². The molecule has 0 bridgehead atoms. The van der Waals surface area contributed by atoms with Crippen molar-refractivity contribution in [2.24, 2.45) is 11.7 Å². The van der Waals surface area contributed by atoms with Crippen LogP contribution >= 0.6 is 11.8 Å². The average molecular weight is 212 g/mol. The summed E-state index contributed by atoms with van der Waals surface area (Å²) in [5, 5.41) is 0.866. The summed E-state index contributed by atoms with van der Waals surface area (Å²) in [6, 6.07) is 1.39. The van der Waals surface area contributed by atoms with Crippen LogP contribution in [0.4, 0.5) is 0 Å². The van der Waals surface area contributed by atoms with Crippen LogP contribution in [0.15, 0.2) is 0 Å². The van der Waals surface area contributed by atoms with Gasteiger partial charge in [-0.15, -0.1) is 0 Å². The lowest BCUT2D eigenvalue weighted by atomic mass is 10.0. The molecule has 1 aliphatic carbocycles. The molecule has 3 unspecified atom stereocenters. The Hall–Kier alpha value is 0.270. The van der Waals surface area contributed by atoms with Gasteiger partial charge in [0.05, 0.1) is 0 Å². The van der Waals surface area contributed by atoms with Crippen LogP contribution in [0.25, 0.3) is 0 Å². The molecule has 3 atom stereocenters. The summed E-state index contributed by atoms with van der Waals surface area (Å²) in [4.78, 5) is 2.73. The second-order valence-electron chi connectivity index (χ2n) is 5.09. The lowest BCUT2D eigenvalue weighted by molar-refractivity contribution is 0.233. The minimum absolute atomic E-state index is 0.483. The molecule has 0 amide bonds. The topological polar surface area (TPSA) is 29.3 Å². The normalized spacial score (nSPS) is 44.8. The summed E-state index contributed by atoms with van der Waals surface area (Å²) in [6.07, 6.45) is 5.80. The van der Waals surface area contributed by atoms with E-state index in [9.17, 15) is 0 Å². The van der Waals surface area contributed by atoms with Gasteiger partial charge in [-0.1, -0.05) is 12.8 Å². The minimum atomic E-state index is 0.483. The standard InChI is InChI=1S/C11H20N2S/c12-10-7-14-11-6-13(5-9(10)11)8-3-1-2-4-8/h8-11H,1-7,12H2. The van der Waals surface area contributed by atoms with Gasteiger partial charge in [0.25, 0.3) is 0 Å². The van der Waals surface area contributed by atoms with Crippen LogP contribution in [0, 0.1) is 5.92 Å². The third-order valence-electron chi connectivity index (χ3n) is 4.23. The molecule has 0 spiro atoms. The molecule has 1 saturated carbocycles. The maximum atomic E-state index is 6.13. The number of hydrogen-bond acceptors (Lipinski definition) is 3. The Kier molecular flexibility index (Phi) is 2.50. The Morgan fingerprint density at radius 2 is 1.93 bits per heavy atom. The largest absolute Gasteiger partial charge is 0.327 e. The van der Waals surface area contributed by atoms with Crippen molar-refractivity contribution >= 4 is 11.8 Å². The predicted octanol–water partition coefficient (Wildman–Crippen LogP) is 1.30. The molecule has 0 aromatic heterocycles. The van der Waals surface area contributed by atoms with E-state index in [2.05, 4.69) is 16.7 Å². The quantitative estimate of drug-likeness (QED) is 0.710. The van der Waals surface area contributed by atoms with Crippen molar-refractivity contribution in [2.45, 2.75) is 43.0 Å². The summed E-state index contributed by atoms with van der Waals surface area (Å²) < 4.78 is 0. The zero-order chi connectivity index (χ0) is 9.54. The van der Waals surface area contributed by atoms with Gasteiger partial charge in [-0.3, -0.25) is 4.90 Å². The minimum Gasteiger partial charge on any atom is -0.327 e. The molecule has 3 rings (SSSR count). The molecular formula is C11H20N2S. The van der Waals surface area contributed by atoms with Crippen molar-refractivity contribution < 1.29 is 0 Å². The van der Waals surface area contributed by atoms with Crippen LogP contribution in [0.1, 0.15) is 25.7 Å². The average Bonchev–Trinajstić information content (AvgIpc) is 2.83. The molecule has 80 valence electrons. The van der Waals surface area contributed by atoms with Gasteiger partial charge < -0.3 is 5.73 Å². The van der Waals surface area contributed by atoms with Crippen molar-refractivity contribution in [1.82, 2.24) is 4.90 Å². The molecule has 2 saturated heterocycles. The molecule has 3 aliphatic rings. The van der Waals surface area contributed by atoms with Crippen LogP contribution in [0.5, 0.6) is 0 Å². The predicted molar refractivity (Wildman–Crippen MR) is 61.5 cm³/mol.